The van der Waals surface area contributed by atoms with Crippen LogP contribution in [0, 0.1) is 12.8 Å². The zero-order valence-corrected chi connectivity index (χ0v) is 9.28. The van der Waals surface area contributed by atoms with Gasteiger partial charge in [-0.25, -0.2) is 0 Å². The maximum atomic E-state index is 6.04. The highest BCUT2D eigenvalue weighted by atomic mass is 16.5. The van der Waals surface area contributed by atoms with Gasteiger partial charge in [0.2, 0.25) is 0 Å². The molecular formula is C13H19NO. The Hall–Kier alpha value is -1.02. The van der Waals surface area contributed by atoms with E-state index in [-0.39, 0.29) is 6.04 Å². The first-order valence-corrected chi connectivity index (χ1v) is 5.71. The second kappa shape index (κ2) is 4.67. The van der Waals surface area contributed by atoms with Crippen LogP contribution in [0.25, 0.3) is 0 Å². The van der Waals surface area contributed by atoms with Gasteiger partial charge in [0.1, 0.15) is 12.4 Å². The van der Waals surface area contributed by atoms with Crippen LogP contribution in [0.1, 0.15) is 24.8 Å². The van der Waals surface area contributed by atoms with Crippen LogP contribution in [-0.4, -0.2) is 12.6 Å². The van der Waals surface area contributed by atoms with Gasteiger partial charge in [-0.3, -0.25) is 0 Å². The largest absolute Gasteiger partial charge is 0.492 e. The van der Waals surface area contributed by atoms with Crippen LogP contribution in [0.3, 0.4) is 0 Å². The van der Waals surface area contributed by atoms with E-state index in [1.165, 1.54) is 24.8 Å². The summed E-state index contributed by atoms with van der Waals surface area (Å²) in [6.45, 7) is 2.72. The summed E-state index contributed by atoms with van der Waals surface area (Å²) in [5.74, 6) is 1.62. The molecule has 1 aromatic carbocycles. The van der Waals surface area contributed by atoms with E-state index in [2.05, 4.69) is 13.0 Å². The molecule has 0 radical (unpaired) electrons. The molecule has 2 heteroatoms. The van der Waals surface area contributed by atoms with E-state index in [4.69, 9.17) is 10.5 Å². The van der Waals surface area contributed by atoms with Gasteiger partial charge in [0.05, 0.1) is 0 Å². The molecule has 0 bridgehead atoms. The van der Waals surface area contributed by atoms with Gasteiger partial charge < -0.3 is 10.5 Å². The van der Waals surface area contributed by atoms with Crippen molar-refractivity contribution in [2.45, 2.75) is 32.2 Å². The average molecular weight is 205 g/mol. The van der Waals surface area contributed by atoms with Crippen LogP contribution < -0.4 is 10.5 Å². The highest BCUT2D eigenvalue weighted by molar-refractivity contribution is 5.27. The van der Waals surface area contributed by atoms with Gasteiger partial charge in [-0.05, 0) is 43.4 Å². The summed E-state index contributed by atoms with van der Waals surface area (Å²) in [4.78, 5) is 0. The maximum absolute atomic E-state index is 6.04. The van der Waals surface area contributed by atoms with Gasteiger partial charge in [0.25, 0.3) is 0 Å². The van der Waals surface area contributed by atoms with Crippen molar-refractivity contribution >= 4 is 0 Å². The Bertz CT molecular complexity index is 320. The fraction of sp³-hybridized carbons (Fsp3) is 0.538. The quantitative estimate of drug-likeness (QED) is 0.819. The Morgan fingerprint density at radius 2 is 2.27 bits per heavy atom. The molecule has 82 valence electrons. The van der Waals surface area contributed by atoms with Crippen LogP contribution in [0.15, 0.2) is 24.3 Å². The highest BCUT2D eigenvalue weighted by Crippen LogP contribution is 2.28. The number of aryl methyl sites for hydroxylation is 1. The van der Waals surface area contributed by atoms with Crippen molar-refractivity contribution in [2.75, 3.05) is 6.61 Å². The molecule has 1 saturated carbocycles. The van der Waals surface area contributed by atoms with Crippen LogP contribution in [0.5, 0.6) is 5.75 Å². The van der Waals surface area contributed by atoms with Gasteiger partial charge in [-0.1, -0.05) is 18.6 Å². The number of benzene rings is 1. The minimum Gasteiger partial charge on any atom is -0.492 e. The van der Waals surface area contributed by atoms with Gasteiger partial charge in [0, 0.05) is 6.04 Å². The van der Waals surface area contributed by atoms with Crippen molar-refractivity contribution in [1.29, 1.82) is 0 Å². The highest BCUT2D eigenvalue weighted by Gasteiger charge is 2.24. The summed E-state index contributed by atoms with van der Waals surface area (Å²) in [6.07, 6.45) is 3.89. The van der Waals surface area contributed by atoms with Gasteiger partial charge >= 0.3 is 0 Å². The lowest BCUT2D eigenvalue weighted by molar-refractivity contribution is 0.189. The summed E-state index contributed by atoms with van der Waals surface area (Å²) < 4.78 is 5.68. The molecule has 0 heterocycles. The summed E-state index contributed by atoms with van der Waals surface area (Å²) in [7, 11) is 0. The van der Waals surface area contributed by atoms with E-state index >= 15 is 0 Å². The van der Waals surface area contributed by atoms with Crippen LogP contribution >= 0.6 is 0 Å². The molecule has 15 heavy (non-hydrogen) atoms. The Labute approximate surface area is 91.4 Å². The topological polar surface area (TPSA) is 35.2 Å². The van der Waals surface area contributed by atoms with Crippen molar-refractivity contribution in [3.05, 3.63) is 29.8 Å². The van der Waals surface area contributed by atoms with Gasteiger partial charge in [-0.2, -0.15) is 0 Å². The Kier molecular flexibility index (Phi) is 3.27. The number of nitrogens with two attached hydrogens (primary N) is 1. The fourth-order valence-corrected chi connectivity index (χ4v) is 1.90. The van der Waals surface area contributed by atoms with Crippen LogP contribution in [0.2, 0.25) is 0 Å². The lowest BCUT2D eigenvalue weighted by Crippen LogP contribution is -2.39. The molecule has 1 aliphatic rings. The summed E-state index contributed by atoms with van der Waals surface area (Å²) in [5, 5.41) is 0. The molecule has 1 aliphatic carbocycles. The average Bonchev–Trinajstić information content (AvgIpc) is 2.12. The Morgan fingerprint density at radius 1 is 1.47 bits per heavy atom. The normalized spacial score (nSPS) is 18.3. The molecule has 0 aliphatic heterocycles. The molecule has 1 fully saturated rings. The van der Waals surface area contributed by atoms with Crippen LogP contribution in [0.4, 0.5) is 0 Å². The number of ether oxygens (including phenoxy) is 1. The Balaban J connectivity index is 1.81. The minimum atomic E-state index is 0.208. The number of rotatable bonds is 4. The second-order valence-corrected chi connectivity index (χ2v) is 4.48. The van der Waals surface area contributed by atoms with Crippen LogP contribution in [-0.2, 0) is 0 Å². The van der Waals surface area contributed by atoms with E-state index in [0.717, 1.165) is 5.75 Å². The summed E-state index contributed by atoms with van der Waals surface area (Å²) >= 11 is 0. The first-order chi connectivity index (χ1) is 7.25. The Morgan fingerprint density at radius 3 is 2.87 bits per heavy atom. The summed E-state index contributed by atoms with van der Waals surface area (Å²) in [6, 6.07) is 8.32. The SMILES string of the molecule is Cc1cccc(OCC(N)C2CCC2)c1. The van der Waals surface area contributed by atoms with Gasteiger partial charge in [0.15, 0.2) is 0 Å². The second-order valence-electron chi connectivity index (χ2n) is 4.48. The van der Waals surface area contributed by atoms with Crippen molar-refractivity contribution in [3.8, 4) is 5.75 Å². The smallest absolute Gasteiger partial charge is 0.119 e. The molecule has 0 aromatic heterocycles. The molecule has 0 spiro atoms. The van der Waals surface area contributed by atoms with Crippen molar-refractivity contribution in [2.24, 2.45) is 11.7 Å². The molecule has 2 N–H and O–H groups in total. The number of hydrogen-bond donors (Lipinski definition) is 1. The number of hydrogen-bond acceptors (Lipinski definition) is 2. The standard InChI is InChI=1S/C13H19NO/c1-10-4-2-7-12(8-10)15-9-13(14)11-5-3-6-11/h2,4,7-8,11,13H,3,5-6,9,14H2,1H3. The first kappa shape index (κ1) is 10.5. The molecule has 0 amide bonds. The lowest BCUT2D eigenvalue weighted by atomic mass is 9.80. The van der Waals surface area contributed by atoms with E-state index in [1.807, 2.05) is 18.2 Å². The molecular weight excluding hydrogens is 186 g/mol. The predicted octanol–water partition coefficient (Wildman–Crippen LogP) is 2.50. The zero-order valence-electron chi connectivity index (χ0n) is 9.28. The van der Waals surface area contributed by atoms with E-state index in [1.54, 1.807) is 0 Å². The zero-order chi connectivity index (χ0) is 10.7. The maximum Gasteiger partial charge on any atom is 0.119 e. The summed E-state index contributed by atoms with van der Waals surface area (Å²) in [5.41, 5.74) is 7.27. The van der Waals surface area contributed by atoms with Gasteiger partial charge in [-0.15, -0.1) is 0 Å². The van der Waals surface area contributed by atoms with E-state index in [0.29, 0.717) is 12.5 Å². The molecule has 1 unspecified atom stereocenters. The predicted molar refractivity (Wildman–Crippen MR) is 62.0 cm³/mol. The third kappa shape index (κ3) is 2.72. The molecule has 2 nitrogen and oxygen atoms in total. The molecule has 0 saturated heterocycles. The molecule has 2 rings (SSSR count). The first-order valence-electron chi connectivity index (χ1n) is 5.71. The molecule has 1 atom stereocenters. The van der Waals surface area contributed by atoms with Crippen molar-refractivity contribution in [1.82, 2.24) is 0 Å². The lowest BCUT2D eigenvalue weighted by Gasteiger charge is -2.30. The monoisotopic (exact) mass is 205 g/mol. The van der Waals surface area contributed by atoms with Crippen molar-refractivity contribution in [3.63, 3.8) is 0 Å². The third-order valence-electron chi connectivity index (χ3n) is 3.19. The van der Waals surface area contributed by atoms with E-state index < -0.39 is 0 Å². The minimum absolute atomic E-state index is 0.208. The molecule has 1 aromatic rings. The van der Waals surface area contributed by atoms with Crippen molar-refractivity contribution < 1.29 is 4.74 Å². The van der Waals surface area contributed by atoms with E-state index in [9.17, 15) is 0 Å². The fourth-order valence-electron chi connectivity index (χ4n) is 1.90. The third-order valence-corrected chi connectivity index (χ3v) is 3.19.